The lowest BCUT2D eigenvalue weighted by Crippen LogP contribution is -2.38. The molecule has 5 nitrogen and oxygen atoms in total. The maximum Gasteiger partial charge on any atom is 0.220 e. The Bertz CT molecular complexity index is 549. The van der Waals surface area contributed by atoms with Crippen LogP contribution in [-0.4, -0.2) is 55.2 Å². The van der Waals surface area contributed by atoms with E-state index in [1.807, 2.05) is 18.2 Å². The number of ether oxygens (including phenoxy) is 1. The van der Waals surface area contributed by atoms with E-state index >= 15 is 0 Å². The number of hydrogen-bond donors (Lipinski definition) is 1. The Morgan fingerprint density at radius 1 is 1.36 bits per heavy atom. The summed E-state index contributed by atoms with van der Waals surface area (Å²) in [5.41, 5.74) is 1.02. The molecule has 2 fully saturated rings. The minimum absolute atomic E-state index is 0.146. The molecule has 2 aliphatic rings. The minimum Gasteiger partial charge on any atom is -0.381 e. The van der Waals surface area contributed by atoms with Crippen molar-refractivity contribution < 1.29 is 9.53 Å². The maximum atomic E-state index is 12.3. The Hall–Kier alpha value is -1.46. The van der Waals surface area contributed by atoms with Gasteiger partial charge in [-0.05, 0) is 35.8 Å². The number of fused-ring (bicyclic) bond motifs is 1. The van der Waals surface area contributed by atoms with E-state index in [9.17, 15) is 4.79 Å². The Balaban J connectivity index is 1.44. The van der Waals surface area contributed by atoms with Crippen molar-refractivity contribution in [2.24, 2.45) is 23.7 Å². The Labute approximate surface area is 151 Å². The number of pyridine rings is 1. The molecule has 1 N–H and O–H groups in total. The van der Waals surface area contributed by atoms with E-state index in [1.54, 1.807) is 6.20 Å². The molecular weight excluding hydrogens is 314 g/mol. The second-order valence-corrected chi connectivity index (χ2v) is 7.96. The van der Waals surface area contributed by atoms with E-state index in [4.69, 9.17) is 4.74 Å². The highest BCUT2D eigenvalue weighted by Gasteiger charge is 2.41. The van der Waals surface area contributed by atoms with Crippen LogP contribution >= 0.6 is 0 Å². The van der Waals surface area contributed by atoms with Crippen LogP contribution < -0.4 is 5.32 Å². The summed E-state index contributed by atoms with van der Waals surface area (Å²) in [5.74, 6) is 2.39. The van der Waals surface area contributed by atoms with Crippen molar-refractivity contribution in [3.8, 4) is 0 Å². The van der Waals surface area contributed by atoms with Gasteiger partial charge in [0.25, 0.3) is 0 Å². The summed E-state index contributed by atoms with van der Waals surface area (Å²) >= 11 is 0. The van der Waals surface area contributed by atoms with E-state index in [-0.39, 0.29) is 5.91 Å². The molecule has 1 aromatic rings. The molecule has 0 saturated carbocycles. The number of amides is 1. The van der Waals surface area contributed by atoms with Gasteiger partial charge < -0.3 is 15.0 Å². The number of carbonyl (C=O) groups excluding carboxylic acids is 1. The van der Waals surface area contributed by atoms with Gasteiger partial charge in [-0.15, -0.1) is 0 Å². The van der Waals surface area contributed by atoms with Crippen LogP contribution in [0.2, 0.25) is 0 Å². The van der Waals surface area contributed by atoms with Crippen LogP contribution in [0.1, 0.15) is 26.0 Å². The average molecular weight is 345 g/mol. The first-order valence-electron chi connectivity index (χ1n) is 9.58. The highest BCUT2D eigenvalue weighted by Crippen LogP contribution is 2.35. The van der Waals surface area contributed by atoms with Gasteiger partial charge in [-0.25, -0.2) is 0 Å². The van der Waals surface area contributed by atoms with Crippen molar-refractivity contribution in [1.82, 2.24) is 15.2 Å². The quantitative estimate of drug-likeness (QED) is 0.821. The van der Waals surface area contributed by atoms with Crippen LogP contribution in [0.3, 0.4) is 0 Å². The van der Waals surface area contributed by atoms with Gasteiger partial charge >= 0.3 is 0 Å². The lowest BCUT2D eigenvalue weighted by Gasteiger charge is -2.32. The van der Waals surface area contributed by atoms with Crippen LogP contribution in [0.5, 0.6) is 0 Å². The smallest absolute Gasteiger partial charge is 0.220 e. The third-order valence-corrected chi connectivity index (χ3v) is 5.34. The number of aromatic nitrogens is 1. The molecule has 0 bridgehead atoms. The largest absolute Gasteiger partial charge is 0.381 e. The summed E-state index contributed by atoms with van der Waals surface area (Å²) in [4.78, 5) is 19.2. The molecule has 25 heavy (non-hydrogen) atoms. The molecule has 5 heteroatoms. The second kappa shape index (κ2) is 8.77. The fourth-order valence-electron chi connectivity index (χ4n) is 4.26. The molecule has 1 amide bonds. The zero-order chi connectivity index (χ0) is 17.6. The second-order valence-electron chi connectivity index (χ2n) is 7.96. The molecule has 138 valence electrons. The number of carbonyl (C=O) groups is 1. The average Bonchev–Trinajstić information content (AvgIpc) is 2.98. The number of nitrogens with zero attached hydrogens (tertiary/aromatic N) is 2. The molecule has 3 rings (SSSR count). The lowest BCUT2D eigenvalue weighted by atomic mass is 9.81. The van der Waals surface area contributed by atoms with Crippen molar-refractivity contribution in [3.05, 3.63) is 30.1 Å². The van der Waals surface area contributed by atoms with Gasteiger partial charge in [-0.3, -0.25) is 9.78 Å². The van der Waals surface area contributed by atoms with E-state index in [2.05, 4.69) is 29.0 Å². The predicted octanol–water partition coefficient (Wildman–Crippen LogP) is 1.98. The maximum absolute atomic E-state index is 12.3. The highest BCUT2D eigenvalue weighted by molar-refractivity contribution is 5.76. The minimum atomic E-state index is 0.146. The van der Waals surface area contributed by atoms with Gasteiger partial charge in [0.2, 0.25) is 5.91 Å². The number of hydrogen-bond acceptors (Lipinski definition) is 4. The molecule has 3 atom stereocenters. The zero-order valence-corrected chi connectivity index (χ0v) is 15.5. The van der Waals surface area contributed by atoms with Crippen molar-refractivity contribution in [2.75, 3.05) is 39.4 Å². The topological polar surface area (TPSA) is 54.5 Å². The van der Waals surface area contributed by atoms with Gasteiger partial charge in [-0.1, -0.05) is 19.9 Å². The van der Waals surface area contributed by atoms with Gasteiger partial charge in [-0.2, -0.15) is 0 Å². The SMILES string of the molecule is CC(C)CN1C[C@H]2COC[C@H](CC(=O)NCCc3ccccn3)[C@@H]2C1. The first kappa shape index (κ1) is 18.3. The fraction of sp³-hybridized carbons (Fsp3) is 0.700. The van der Waals surface area contributed by atoms with E-state index in [0.29, 0.717) is 36.6 Å². The first-order chi connectivity index (χ1) is 12.1. The predicted molar refractivity (Wildman–Crippen MR) is 98.1 cm³/mol. The van der Waals surface area contributed by atoms with Crippen LogP contribution in [-0.2, 0) is 16.0 Å². The van der Waals surface area contributed by atoms with Crippen molar-refractivity contribution in [2.45, 2.75) is 26.7 Å². The van der Waals surface area contributed by atoms with E-state index in [1.165, 1.54) is 0 Å². The van der Waals surface area contributed by atoms with E-state index in [0.717, 1.165) is 45.0 Å². The lowest BCUT2D eigenvalue weighted by molar-refractivity contribution is -0.124. The van der Waals surface area contributed by atoms with Gasteiger partial charge in [0.05, 0.1) is 13.2 Å². The summed E-state index contributed by atoms with van der Waals surface area (Å²) in [6, 6.07) is 5.88. The summed E-state index contributed by atoms with van der Waals surface area (Å²) in [6.45, 7) is 10.2. The number of nitrogens with one attached hydrogen (secondary N) is 1. The fourth-order valence-corrected chi connectivity index (χ4v) is 4.26. The highest BCUT2D eigenvalue weighted by atomic mass is 16.5. The Morgan fingerprint density at radius 2 is 2.24 bits per heavy atom. The summed E-state index contributed by atoms with van der Waals surface area (Å²) in [7, 11) is 0. The van der Waals surface area contributed by atoms with Gasteiger partial charge in [0.15, 0.2) is 0 Å². The van der Waals surface area contributed by atoms with Gasteiger partial charge in [0.1, 0.15) is 0 Å². The Morgan fingerprint density at radius 3 is 3.00 bits per heavy atom. The van der Waals surface area contributed by atoms with Crippen LogP contribution in [0.25, 0.3) is 0 Å². The summed E-state index contributed by atoms with van der Waals surface area (Å²) < 4.78 is 5.81. The standard InChI is InChI=1S/C20H31N3O2/c1-15(2)10-23-11-17-14-25-13-16(19(17)12-23)9-20(24)22-8-6-18-5-3-4-7-21-18/h3-5,7,15-17,19H,6,8-14H2,1-2H3,(H,22,24)/t16-,17-,19-/m0/s1. The summed E-state index contributed by atoms with van der Waals surface area (Å²) in [5, 5.41) is 3.05. The van der Waals surface area contributed by atoms with Crippen LogP contribution in [0, 0.1) is 23.7 Å². The molecule has 0 unspecified atom stereocenters. The molecule has 0 radical (unpaired) electrons. The molecule has 1 aromatic heterocycles. The van der Waals surface area contributed by atoms with E-state index < -0.39 is 0 Å². The molecular formula is C20H31N3O2. The van der Waals surface area contributed by atoms with Crippen molar-refractivity contribution in [1.29, 1.82) is 0 Å². The number of likely N-dealkylation sites (tertiary alicyclic amines) is 1. The molecule has 3 heterocycles. The third kappa shape index (κ3) is 5.25. The number of rotatable bonds is 7. The normalized spacial score (nSPS) is 26.6. The molecule has 2 saturated heterocycles. The van der Waals surface area contributed by atoms with Crippen molar-refractivity contribution >= 4 is 5.91 Å². The van der Waals surface area contributed by atoms with Crippen LogP contribution in [0.15, 0.2) is 24.4 Å². The van der Waals surface area contributed by atoms with Gasteiger partial charge in [0, 0.05) is 50.9 Å². The molecule has 2 aliphatic heterocycles. The van der Waals surface area contributed by atoms with Crippen LogP contribution in [0.4, 0.5) is 0 Å². The monoisotopic (exact) mass is 345 g/mol. The molecule has 0 aromatic carbocycles. The first-order valence-corrected chi connectivity index (χ1v) is 9.58. The zero-order valence-electron chi connectivity index (χ0n) is 15.5. The summed E-state index contributed by atoms with van der Waals surface area (Å²) in [6.07, 6.45) is 3.15. The molecule has 0 aliphatic carbocycles. The molecule has 0 spiro atoms. The third-order valence-electron chi connectivity index (χ3n) is 5.34. The van der Waals surface area contributed by atoms with Crippen molar-refractivity contribution in [3.63, 3.8) is 0 Å². The Kier molecular flexibility index (Phi) is 6.43.